The minimum Gasteiger partial charge on any atom is -0.496 e. The first-order chi connectivity index (χ1) is 8.19. The molecule has 1 aromatic rings. The van der Waals surface area contributed by atoms with Gasteiger partial charge in [-0.2, -0.15) is 0 Å². The standard InChI is InChI=1S/C15H23NO/c1-4-16-14(15(2)9-10-15)11-12-7-5-6-8-13(12)17-3/h5-8,14,16H,4,9-11H2,1-3H3. The Bertz CT molecular complexity index is 371. The Hall–Kier alpha value is -1.02. The molecule has 0 saturated heterocycles. The second kappa shape index (κ2) is 5.09. The third kappa shape index (κ3) is 2.81. The molecule has 0 heterocycles. The number of rotatable bonds is 6. The Morgan fingerprint density at radius 2 is 2.06 bits per heavy atom. The molecule has 1 aromatic carbocycles. The minimum atomic E-state index is 0.497. The van der Waals surface area contributed by atoms with Crippen molar-refractivity contribution in [2.45, 2.75) is 39.2 Å². The Balaban J connectivity index is 2.11. The van der Waals surface area contributed by atoms with Gasteiger partial charge in [0.25, 0.3) is 0 Å². The lowest BCUT2D eigenvalue weighted by atomic mass is 9.92. The lowest BCUT2D eigenvalue weighted by Gasteiger charge is -2.25. The first-order valence-electron chi connectivity index (χ1n) is 6.55. The Labute approximate surface area is 104 Å². The molecule has 0 bridgehead atoms. The quantitative estimate of drug-likeness (QED) is 0.815. The van der Waals surface area contributed by atoms with Crippen molar-refractivity contribution in [3.05, 3.63) is 29.8 Å². The first kappa shape index (κ1) is 12.4. The van der Waals surface area contributed by atoms with Crippen molar-refractivity contribution in [1.82, 2.24) is 5.32 Å². The zero-order chi connectivity index (χ0) is 12.3. The monoisotopic (exact) mass is 233 g/mol. The van der Waals surface area contributed by atoms with Gasteiger partial charge in [0.05, 0.1) is 7.11 Å². The molecule has 94 valence electrons. The second-order valence-corrected chi connectivity index (χ2v) is 5.28. The van der Waals surface area contributed by atoms with E-state index in [4.69, 9.17) is 4.74 Å². The molecule has 2 nitrogen and oxygen atoms in total. The van der Waals surface area contributed by atoms with Gasteiger partial charge in [0.1, 0.15) is 5.75 Å². The average Bonchev–Trinajstić information content (AvgIpc) is 3.09. The van der Waals surface area contributed by atoms with Crippen molar-refractivity contribution in [3.8, 4) is 5.75 Å². The molecule has 1 fully saturated rings. The van der Waals surface area contributed by atoms with E-state index in [9.17, 15) is 0 Å². The van der Waals surface area contributed by atoms with Crippen molar-refractivity contribution in [2.75, 3.05) is 13.7 Å². The zero-order valence-electron chi connectivity index (χ0n) is 11.1. The molecule has 0 aliphatic heterocycles. The number of nitrogens with one attached hydrogen (secondary N) is 1. The highest BCUT2D eigenvalue weighted by Gasteiger charge is 2.44. The van der Waals surface area contributed by atoms with Gasteiger partial charge < -0.3 is 10.1 Å². The number of ether oxygens (including phenoxy) is 1. The third-order valence-electron chi connectivity index (χ3n) is 3.95. The van der Waals surface area contributed by atoms with E-state index in [-0.39, 0.29) is 0 Å². The van der Waals surface area contributed by atoms with Crippen LogP contribution in [-0.2, 0) is 6.42 Å². The van der Waals surface area contributed by atoms with E-state index < -0.39 is 0 Å². The van der Waals surface area contributed by atoms with E-state index in [1.165, 1.54) is 18.4 Å². The van der Waals surface area contributed by atoms with Crippen LogP contribution in [0.5, 0.6) is 5.75 Å². The van der Waals surface area contributed by atoms with Gasteiger partial charge in [-0.05, 0) is 42.9 Å². The molecular formula is C15H23NO. The van der Waals surface area contributed by atoms with E-state index in [0.717, 1.165) is 18.7 Å². The summed E-state index contributed by atoms with van der Waals surface area (Å²) in [5.41, 5.74) is 1.81. The average molecular weight is 233 g/mol. The number of hydrogen-bond donors (Lipinski definition) is 1. The summed E-state index contributed by atoms with van der Waals surface area (Å²) >= 11 is 0. The first-order valence-corrected chi connectivity index (χ1v) is 6.55. The highest BCUT2D eigenvalue weighted by molar-refractivity contribution is 5.34. The van der Waals surface area contributed by atoms with Gasteiger partial charge in [-0.3, -0.25) is 0 Å². The molecular weight excluding hydrogens is 210 g/mol. The lowest BCUT2D eigenvalue weighted by Crippen LogP contribution is -2.38. The minimum absolute atomic E-state index is 0.497. The SMILES string of the molecule is CCNC(Cc1ccccc1OC)C1(C)CC1. The smallest absolute Gasteiger partial charge is 0.122 e. The summed E-state index contributed by atoms with van der Waals surface area (Å²) in [5, 5.41) is 3.63. The highest BCUT2D eigenvalue weighted by Crippen LogP contribution is 2.49. The molecule has 1 unspecified atom stereocenters. The summed E-state index contributed by atoms with van der Waals surface area (Å²) in [7, 11) is 1.75. The van der Waals surface area contributed by atoms with Crippen molar-refractivity contribution in [1.29, 1.82) is 0 Å². The zero-order valence-corrected chi connectivity index (χ0v) is 11.1. The van der Waals surface area contributed by atoms with Crippen LogP contribution < -0.4 is 10.1 Å². The van der Waals surface area contributed by atoms with E-state index in [2.05, 4.69) is 31.3 Å². The maximum Gasteiger partial charge on any atom is 0.122 e. The number of hydrogen-bond acceptors (Lipinski definition) is 2. The molecule has 1 saturated carbocycles. The van der Waals surface area contributed by atoms with Gasteiger partial charge in [0.15, 0.2) is 0 Å². The summed E-state index contributed by atoms with van der Waals surface area (Å²) < 4.78 is 5.43. The van der Waals surface area contributed by atoms with Crippen molar-refractivity contribution in [2.24, 2.45) is 5.41 Å². The largest absolute Gasteiger partial charge is 0.496 e. The van der Waals surface area contributed by atoms with Gasteiger partial charge in [0, 0.05) is 6.04 Å². The van der Waals surface area contributed by atoms with Crippen LogP contribution in [-0.4, -0.2) is 19.7 Å². The number of para-hydroxylation sites is 1. The molecule has 1 aliphatic rings. The molecule has 1 aliphatic carbocycles. The van der Waals surface area contributed by atoms with Crippen LogP contribution in [0.25, 0.3) is 0 Å². The number of methoxy groups -OCH3 is 1. The van der Waals surface area contributed by atoms with Crippen molar-refractivity contribution < 1.29 is 4.74 Å². The van der Waals surface area contributed by atoms with Crippen LogP contribution in [0, 0.1) is 5.41 Å². The lowest BCUT2D eigenvalue weighted by molar-refractivity contribution is 0.351. The van der Waals surface area contributed by atoms with Crippen LogP contribution >= 0.6 is 0 Å². The van der Waals surface area contributed by atoms with Crippen LogP contribution in [0.3, 0.4) is 0 Å². The highest BCUT2D eigenvalue weighted by atomic mass is 16.5. The molecule has 0 spiro atoms. The summed E-state index contributed by atoms with van der Waals surface area (Å²) in [4.78, 5) is 0. The fraction of sp³-hybridized carbons (Fsp3) is 0.600. The van der Waals surface area contributed by atoms with Crippen LogP contribution in [0.4, 0.5) is 0 Å². The second-order valence-electron chi connectivity index (χ2n) is 5.28. The Morgan fingerprint density at radius 3 is 2.65 bits per heavy atom. The molecule has 0 radical (unpaired) electrons. The van der Waals surface area contributed by atoms with Crippen LogP contribution in [0.15, 0.2) is 24.3 Å². The number of benzene rings is 1. The van der Waals surface area contributed by atoms with Crippen molar-refractivity contribution in [3.63, 3.8) is 0 Å². The molecule has 1 atom stereocenters. The summed E-state index contributed by atoms with van der Waals surface area (Å²) in [6.07, 6.45) is 3.76. The summed E-state index contributed by atoms with van der Waals surface area (Å²) in [6.45, 7) is 5.60. The third-order valence-corrected chi connectivity index (χ3v) is 3.95. The van der Waals surface area contributed by atoms with Crippen molar-refractivity contribution >= 4 is 0 Å². The fourth-order valence-corrected chi connectivity index (χ4v) is 2.45. The van der Waals surface area contributed by atoms with Gasteiger partial charge in [-0.1, -0.05) is 32.0 Å². The molecule has 17 heavy (non-hydrogen) atoms. The van der Waals surface area contributed by atoms with E-state index in [1.54, 1.807) is 7.11 Å². The van der Waals surface area contributed by atoms with Gasteiger partial charge >= 0.3 is 0 Å². The summed E-state index contributed by atoms with van der Waals surface area (Å²) in [6, 6.07) is 8.92. The predicted octanol–water partition coefficient (Wildman–Crippen LogP) is 3.02. The predicted molar refractivity (Wildman–Crippen MR) is 71.5 cm³/mol. The Kier molecular flexibility index (Phi) is 3.72. The van der Waals surface area contributed by atoms with Gasteiger partial charge in [-0.15, -0.1) is 0 Å². The van der Waals surface area contributed by atoms with E-state index >= 15 is 0 Å². The number of likely N-dealkylation sites (N-methyl/N-ethyl adjacent to an activating group) is 1. The topological polar surface area (TPSA) is 21.3 Å². The maximum absolute atomic E-state index is 5.43. The van der Waals surface area contributed by atoms with Gasteiger partial charge in [0.2, 0.25) is 0 Å². The van der Waals surface area contributed by atoms with Crippen LogP contribution in [0.1, 0.15) is 32.3 Å². The molecule has 0 aromatic heterocycles. The molecule has 2 rings (SSSR count). The molecule has 0 amide bonds. The fourth-order valence-electron chi connectivity index (χ4n) is 2.45. The van der Waals surface area contributed by atoms with Gasteiger partial charge in [-0.25, -0.2) is 0 Å². The van der Waals surface area contributed by atoms with E-state index in [0.29, 0.717) is 11.5 Å². The van der Waals surface area contributed by atoms with Crippen LogP contribution in [0.2, 0.25) is 0 Å². The maximum atomic E-state index is 5.43. The van der Waals surface area contributed by atoms with E-state index in [1.807, 2.05) is 12.1 Å². The molecule has 2 heteroatoms. The normalized spacial score (nSPS) is 18.8. The molecule has 1 N–H and O–H groups in total. The summed E-state index contributed by atoms with van der Waals surface area (Å²) in [5.74, 6) is 1.01. The Morgan fingerprint density at radius 1 is 1.35 bits per heavy atom.